The average molecular weight is 411 g/mol. The number of halogens is 1. The Hall–Kier alpha value is -1.87. The lowest BCUT2D eigenvalue weighted by atomic mass is 10.1. The molecule has 9 heteroatoms. The number of aromatic amines is 1. The van der Waals surface area contributed by atoms with Gasteiger partial charge in [-0.2, -0.15) is 10.1 Å². The molecule has 0 radical (unpaired) electrons. The van der Waals surface area contributed by atoms with E-state index in [1.54, 1.807) is 6.21 Å². The molecular formula is C15H19BrN6OS. The van der Waals surface area contributed by atoms with E-state index >= 15 is 0 Å². The summed E-state index contributed by atoms with van der Waals surface area (Å²) in [6, 6.07) is 7.75. The molecule has 0 aliphatic rings. The first-order valence-corrected chi connectivity index (χ1v) is 9.00. The van der Waals surface area contributed by atoms with Gasteiger partial charge in [0.25, 0.3) is 0 Å². The van der Waals surface area contributed by atoms with Gasteiger partial charge in [0.1, 0.15) is 0 Å². The van der Waals surface area contributed by atoms with E-state index in [-0.39, 0.29) is 17.2 Å². The summed E-state index contributed by atoms with van der Waals surface area (Å²) in [6.45, 7) is 5.81. The smallest absolute Gasteiger partial charge is 0.240 e. The molecule has 0 saturated heterocycles. The Morgan fingerprint density at radius 2 is 2.25 bits per heavy atom. The molecule has 1 aromatic heterocycles. The van der Waals surface area contributed by atoms with Crippen molar-refractivity contribution in [2.24, 2.45) is 5.10 Å². The van der Waals surface area contributed by atoms with Crippen LogP contribution in [-0.4, -0.2) is 38.6 Å². The van der Waals surface area contributed by atoms with Crippen molar-refractivity contribution in [2.45, 2.75) is 31.5 Å². The quantitative estimate of drug-likeness (QED) is 0.386. The third kappa shape index (κ3) is 6.71. The van der Waals surface area contributed by atoms with Gasteiger partial charge in [0, 0.05) is 10.0 Å². The van der Waals surface area contributed by atoms with Gasteiger partial charge in [0.05, 0.1) is 12.0 Å². The minimum Gasteiger partial charge on any atom is -0.351 e. The zero-order valence-corrected chi connectivity index (χ0v) is 16.0. The fourth-order valence-corrected chi connectivity index (χ4v) is 2.72. The van der Waals surface area contributed by atoms with Crippen molar-refractivity contribution in [1.82, 2.24) is 20.5 Å². The van der Waals surface area contributed by atoms with Crippen LogP contribution in [0.25, 0.3) is 0 Å². The molecule has 2 aromatic rings. The van der Waals surface area contributed by atoms with E-state index in [1.165, 1.54) is 11.8 Å². The molecule has 24 heavy (non-hydrogen) atoms. The van der Waals surface area contributed by atoms with Crippen LogP contribution in [-0.2, 0) is 4.79 Å². The molecule has 0 atom stereocenters. The molecule has 0 unspecified atom stereocenters. The number of amides is 1. The fourth-order valence-electron chi connectivity index (χ4n) is 1.70. The average Bonchev–Trinajstić information content (AvgIpc) is 2.91. The highest BCUT2D eigenvalue weighted by Gasteiger charge is 2.14. The molecule has 0 aliphatic heterocycles. The second-order valence-corrected chi connectivity index (χ2v) is 7.84. The molecule has 128 valence electrons. The fraction of sp³-hybridized carbons (Fsp3) is 0.333. The molecule has 3 N–H and O–H groups in total. The van der Waals surface area contributed by atoms with E-state index < -0.39 is 0 Å². The van der Waals surface area contributed by atoms with Crippen molar-refractivity contribution < 1.29 is 4.79 Å². The predicted molar refractivity (Wildman–Crippen MR) is 100 cm³/mol. The zero-order chi connectivity index (χ0) is 17.6. The number of carbonyl (C=O) groups is 1. The van der Waals surface area contributed by atoms with E-state index in [0.717, 1.165) is 10.0 Å². The van der Waals surface area contributed by atoms with Gasteiger partial charge in [-0.1, -0.05) is 39.8 Å². The monoisotopic (exact) mass is 410 g/mol. The Morgan fingerprint density at radius 3 is 2.96 bits per heavy atom. The Bertz CT molecular complexity index is 725. The third-order valence-electron chi connectivity index (χ3n) is 2.54. The SMILES string of the molecule is CC(C)(C)NC(=O)CSc1n[nH]c(N/N=C\c2cccc(Br)c2)n1. The third-order valence-corrected chi connectivity index (χ3v) is 3.88. The number of hydrazone groups is 1. The van der Waals surface area contributed by atoms with Gasteiger partial charge in [-0.15, -0.1) is 5.10 Å². The lowest BCUT2D eigenvalue weighted by Crippen LogP contribution is -2.41. The Morgan fingerprint density at radius 1 is 1.46 bits per heavy atom. The molecule has 7 nitrogen and oxygen atoms in total. The topological polar surface area (TPSA) is 95.1 Å². The number of nitrogens with one attached hydrogen (secondary N) is 3. The van der Waals surface area contributed by atoms with Gasteiger partial charge in [-0.3, -0.25) is 4.79 Å². The standard InChI is InChI=1S/C15H19BrN6OS/c1-15(2,3)19-12(23)9-24-14-18-13(21-22-14)20-17-8-10-5-4-6-11(16)7-10/h4-8H,9H2,1-3H3,(H,19,23)(H2,18,20,21,22)/b17-8-. The molecule has 0 saturated carbocycles. The molecule has 0 fully saturated rings. The first kappa shape index (κ1) is 18.5. The van der Waals surface area contributed by atoms with Crippen LogP contribution in [0, 0.1) is 0 Å². The van der Waals surface area contributed by atoms with Crippen LogP contribution in [0.3, 0.4) is 0 Å². The van der Waals surface area contributed by atoms with Crippen molar-refractivity contribution in [3.8, 4) is 0 Å². The number of H-pyrrole nitrogens is 1. The summed E-state index contributed by atoms with van der Waals surface area (Å²) in [6.07, 6.45) is 1.68. The van der Waals surface area contributed by atoms with Gasteiger partial charge < -0.3 is 5.32 Å². The number of thioether (sulfide) groups is 1. The maximum atomic E-state index is 11.8. The number of hydrogen-bond donors (Lipinski definition) is 3. The first-order valence-electron chi connectivity index (χ1n) is 7.23. The van der Waals surface area contributed by atoms with Crippen LogP contribution in [0.5, 0.6) is 0 Å². The summed E-state index contributed by atoms with van der Waals surface area (Å²) >= 11 is 4.66. The second-order valence-electron chi connectivity index (χ2n) is 5.98. The normalized spacial score (nSPS) is 11.7. The summed E-state index contributed by atoms with van der Waals surface area (Å²) in [5, 5.41) is 14.2. The van der Waals surface area contributed by atoms with Crippen molar-refractivity contribution in [1.29, 1.82) is 0 Å². The summed E-state index contributed by atoms with van der Waals surface area (Å²) in [4.78, 5) is 16.0. The molecule has 1 aromatic carbocycles. The molecule has 1 heterocycles. The van der Waals surface area contributed by atoms with E-state index in [1.807, 2.05) is 45.0 Å². The maximum Gasteiger partial charge on any atom is 0.240 e. The largest absolute Gasteiger partial charge is 0.351 e. The number of aromatic nitrogens is 3. The molecule has 0 bridgehead atoms. The van der Waals surface area contributed by atoms with E-state index in [0.29, 0.717) is 11.1 Å². The highest BCUT2D eigenvalue weighted by atomic mass is 79.9. The zero-order valence-electron chi connectivity index (χ0n) is 13.6. The number of carbonyl (C=O) groups excluding carboxylic acids is 1. The summed E-state index contributed by atoms with van der Waals surface area (Å²) in [5.74, 6) is 0.620. The van der Waals surface area contributed by atoms with E-state index in [4.69, 9.17) is 0 Å². The molecule has 2 rings (SSSR count). The van der Waals surface area contributed by atoms with Crippen LogP contribution in [0.4, 0.5) is 5.95 Å². The van der Waals surface area contributed by atoms with E-state index in [9.17, 15) is 4.79 Å². The summed E-state index contributed by atoms with van der Waals surface area (Å²) in [5.41, 5.74) is 3.47. The van der Waals surface area contributed by atoms with Crippen molar-refractivity contribution >= 4 is 45.8 Å². The summed E-state index contributed by atoms with van der Waals surface area (Å²) in [7, 11) is 0. The van der Waals surface area contributed by atoms with Crippen LogP contribution in [0.15, 0.2) is 39.0 Å². The first-order chi connectivity index (χ1) is 11.3. The van der Waals surface area contributed by atoms with Crippen LogP contribution >= 0.6 is 27.7 Å². The lowest BCUT2D eigenvalue weighted by Gasteiger charge is -2.19. The molecular weight excluding hydrogens is 392 g/mol. The van der Waals surface area contributed by atoms with Crippen molar-refractivity contribution in [2.75, 3.05) is 11.2 Å². The van der Waals surface area contributed by atoms with E-state index in [2.05, 4.69) is 47.0 Å². The van der Waals surface area contributed by atoms with Crippen LogP contribution in [0.2, 0.25) is 0 Å². The number of anilines is 1. The minimum atomic E-state index is -0.246. The number of benzene rings is 1. The Labute approximate surface area is 153 Å². The highest BCUT2D eigenvalue weighted by molar-refractivity contribution is 9.10. The molecule has 0 spiro atoms. The van der Waals surface area contributed by atoms with Gasteiger partial charge in [0.2, 0.25) is 17.0 Å². The Balaban J connectivity index is 1.82. The van der Waals surface area contributed by atoms with Gasteiger partial charge >= 0.3 is 0 Å². The van der Waals surface area contributed by atoms with Gasteiger partial charge in [-0.05, 0) is 38.5 Å². The predicted octanol–water partition coefficient (Wildman–Crippen LogP) is 3.02. The molecule has 1 amide bonds. The summed E-state index contributed by atoms with van der Waals surface area (Å²) < 4.78 is 0.985. The van der Waals surface area contributed by atoms with Gasteiger partial charge in [-0.25, -0.2) is 10.5 Å². The van der Waals surface area contributed by atoms with Crippen molar-refractivity contribution in [3.63, 3.8) is 0 Å². The highest BCUT2D eigenvalue weighted by Crippen LogP contribution is 2.14. The number of hydrogen-bond acceptors (Lipinski definition) is 6. The van der Waals surface area contributed by atoms with Gasteiger partial charge in [0.15, 0.2) is 0 Å². The lowest BCUT2D eigenvalue weighted by molar-refractivity contribution is -0.119. The minimum absolute atomic E-state index is 0.0560. The number of nitrogens with zero attached hydrogens (tertiary/aromatic N) is 3. The molecule has 0 aliphatic carbocycles. The Kier molecular flexibility index (Phi) is 6.38. The number of rotatable bonds is 6. The second kappa shape index (κ2) is 8.29. The van der Waals surface area contributed by atoms with Crippen LogP contribution < -0.4 is 10.7 Å². The van der Waals surface area contributed by atoms with Crippen molar-refractivity contribution in [3.05, 3.63) is 34.3 Å². The maximum absolute atomic E-state index is 11.8. The van der Waals surface area contributed by atoms with Crippen LogP contribution in [0.1, 0.15) is 26.3 Å².